The summed E-state index contributed by atoms with van der Waals surface area (Å²) in [6.07, 6.45) is 0. The number of fused-ring (bicyclic) bond motifs is 1. The lowest BCUT2D eigenvalue weighted by Gasteiger charge is -2.40. The van der Waals surface area contributed by atoms with Gasteiger partial charge in [-0.3, -0.25) is 4.79 Å². The number of carbonyl (C=O) groups is 1. The maximum Gasteiger partial charge on any atom is 0.254 e. The first-order valence-electron chi connectivity index (χ1n) is 10.7. The summed E-state index contributed by atoms with van der Waals surface area (Å²) in [4.78, 5) is 17.0. The minimum atomic E-state index is -0.318. The van der Waals surface area contributed by atoms with E-state index in [0.29, 0.717) is 36.5 Å². The van der Waals surface area contributed by atoms with Gasteiger partial charge in [0, 0.05) is 47.6 Å². The first kappa shape index (κ1) is 20.1. The molecular formula is C26H23FN4O. The van der Waals surface area contributed by atoms with E-state index in [1.807, 2.05) is 59.5 Å². The minimum absolute atomic E-state index is 0.0169. The molecule has 5 rings (SSSR count). The molecule has 0 N–H and O–H groups in total. The molecule has 1 atom stereocenters. The van der Waals surface area contributed by atoms with Crippen molar-refractivity contribution >= 4 is 22.5 Å². The van der Waals surface area contributed by atoms with Crippen LogP contribution in [0.5, 0.6) is 0 Å². The van der Waals surface area contributed by atoms with Gasteiger partial charge < -0.3 is 9.80 Å². The second-order valence-electron chi connectivity index (χ2n) is 8.06. The summed E-state index contributed by atoms with van der Waals surface area (Å²) in [6.45, 7) is 3.95. The molecule has 4 aromatic rings. The molecule has 0 unspecified atom stereocenters. The molecule has 0 bridgehead atoms. The molecule has 2 heterocycles. The van der Waals surface area contributed by atoms with Crippen LogP contribution in [0.2, 0.25) is 0 Å². The van der Waals surface area contributed by atoms with Crippen molar-refractivity contribution < 1.29 is 9.18 Å². The molecule has 6 heteroatoms. The fourth-order valence-electron chi connectivity index (χ4n) is 4.37. The summed E-state index contributed by atoms with van der Waals surface area (Å²) in [6, 6.07) is 23.8. The largest absolute Gasteiger partial charge is 0.351 e. The lowest BCUT2D eigenvalue weighted by molar-refractivity contribution is 0.0674. The summed E-state index contributed by atoms with van der Waals surface area (Å²) < 4.78 is 14.5. The van der Waals surface area contributed by atoms with Gasteiger partial charge >= 0.3 is 0 Å². The van der Waals surface area contributed by atoms with Gasteiger partial charge in [-0.1, -0.05) is 54.6 Å². The highest BCUT2D eigenvalue weighted by Crippen LogP contribution is 2.33. The molecule has 0 saturated carbocycles. The van der Waals surface area contributed by atoms with E-state index in [0.717, 1.165) is 16.6 Å². The van der Waals surface area contributed by atoms with E-state index in [1.54, 1.807) is 18.2 Å². The molecule has 0 spiro atoms. The summed E-state index contributed by atoms with van der Waals surface area (Å²) in [5, 5.41) is 10.7. The monoisotopic (exact) mass is 426 g/mol. The van der Waals surface area contributed by atoms with Gasteiger partial charge in [0.1, 0.15) is 11.5 Å². The quantitative estimate of drug-likeness (QED) is 0.473. The average Bonchev–Trinajstić information content (AvgIpc) is 2.84. The van der Waals surface area contributed by atoms with Crippen molar-refractivity contribution in [1.82, 2.24) is 15.1 Å². The van der Waals surface area contributed by atoms with Crippen LogP contribution in [-0.2, 0) is 0 Å². The first-order chi connectivity index (χ1) is 15.6. The number of anilines is 1. The summed E-state index contributed by atoms with van der Waals surface area (Å²) >= 11 is 0. The minimum Gasteiger partial charge on any atom is -0.351 e. The Morgan fingerprint density at radius 1 is 0.875 bits per heavy atom. The number of amides is 1. The van der Waals surface area contributed by atoms with Crippen LogP contribution in [0.4, 0.5) is 10.2 Å². The highest BCUT2D eigenvalue weighted by Gasteiger charge is 2.30. The van der Waals surface area contributed by atoms with E-state index in [2.05, 4.69) is 22.0 Å². The van der Waals surface area contributed by atoms with Gasteiger partial charge in [0.25, 0.3) is 5.91 Å². The first-order valence-corrected chi connectivity index (χ1v) is 10.7. The third kappa shape index (κ3) is 3.58. The number of nitrogens with zero attached hydrogens (tertiary/aromatic N) is 4. The molecule has 1 aromatic heterocycles. The fraction of sp³-hybridized carbons (Fsp3) is 0.192. The van der Waals surface area contributed by atoms with E-state index >= 15 is 0 Å². The van der Waals surface area contributed by atoms with Crippen molar-refractivity contribution in [2.75, 3.05) is 24.5 Å². The van der Waals surface area contributed by atoms with Crippen LogP contribution in [0.3, 0.4) is 0 Å². The Bertz CT molecular complexity index is 1280. The van der Waals surface area contributed by atoms with Gasteiger partial charge in [0.15, 0.2) is 5.82 Å². The molecule has 1 fully saturated rings. The van der Waals surface area contributed by atoms with Crippen molar-refractivity contribution in [3.05, 3.63) is 90.2 Å². The topological polar surface area (TPSA) is 49.3 Å². The van der Waals surface area contributed by atoms with Gasteiger partial charge in [-0.15, -0.1) is 10.2 Å². The van der Waals surface area contributed by atoms with E-state index in [9.17, 15) is 9.18 Å². The summed E-state index contributed by atoms with van der Waals surface area (Å²) in [5.41, 5.74) is 1.68. The maximum atomic E-state index is 14.5. The zero-order chi connectivity index (χ0) is 22.1. The average molecular weight is 426 g/mol. The van der Waals surface area contributed by atoms with E-state index in [4.69, 9.17) is 0 Å². The molecule has 0 radical (unpaired) electrons. The number of halogens is 1. The Balaban J connectivity index is 1.46. The normalized spacial score (nSPS) is 16.4. The lowest BCUT2D eigenvalue weighted by atomic mass is 10.0. The Labute approximate surface area is 186 Å². The van der Waals surface area contributed by atoms with Gasteiger partial charge in [-0.2, -0.15) is 0 Å². The zero-order valence-corrected chi connectivity index (χ0v) is 17.8. The van der Waals surface area contributed by atoms with Crippen molar-refractivity contribution in [2.24, 2.45) is 0 Å². The van der Waals surface area contributed by atoms with Crippen molar-refractivity contribution in [3.8, 4) is 11.3 Å². The summed E-state index contributed by atoms with van der Waals surface area (Å²) in [7, 11) is 0. The number of benzene rings is 3. The Hall–Kier alpha value is -3.80. The highest BCUT2D eigenvalue weighted by atomic mass is 19.1. The predicted octanol–water partition coefficient (Wildman–Crippen LogP) is 4.79. The van der Waals surface area contributed by atoms with Crippen LogP contribution in [0.1, 0.15) is 17.3 Å². The van der Waals surface area contributed by atoms with Crippen LogP contribution in [0.25, 0.3) is 22.0 Å². The molecule has 160 valence electrons. The Morgan fingerprint density at radius 2 is 1.56 bits per heavy atom. The SMILES string of the molecule is C[C@H]1CN(c2nnc(-c3ccccc3F)c3ccccc23)CCN1C(=O)c1ccccc1. The van der Waals surface area contributed by atoms with Crippen LogP contribution >= 0.6 is 0 Å². The van der Waals surface area contributed by atoms with Gasteiger partial charge in [-0.25, -0.2) is 4.39 Å². The van der Waals surface area contributed by atoms with Crippen LogP contribution in [0.15, 0.2) is 78.9 Å². The Morgan fingerprint density at radius 3 is 2.31 bits per heavy atom. The molecule has 0 aliphatic carbocycles. The number of hydrogen-bond donors (Lipinski definition) is 0. The second kappa shape index (κ2) is 8.38. The Kier molecular flexibility index (Phi) is 5.27. The van der Waals surface area contributed by atoms with Crippen molar-refractivity contribution in [3.63, 3.8) is 0 Å². The molecule has 1 aliphatic rings. The van der Waals surface area contributed by atoms with E-state index in [-0.39, 0.29) is 17.8 Å². The third-order valence-corrected chi connectivity index (χ3v) is 6.01. The lowest BCUT2D eigenvalue weighted by Crippen LogP contribution is -2.54. The fourth-order valence-corrected chi connectivity index (χ4v) is 4.37. The number of rotatable bonds is 3. The predicted molar refractivity (Wildman–Crippen MR) is 124 cm³/mol. The maximum absolute atomic E-state index is 14.5. The van der Waals surface area contributed by atoms with E-state index in [1.165, 1.54) is 6.07 Å². The van der Waals surface area contributed by atoms with Gasteiger partial charge in [-0.05, 0) is 31.2 Å². The number of aromatic nitrogens is 2. The number of carbonyl (C=O) groups excluding carboxylic acids is 1. The standard InChI is InChI=1S/C26H23FN4O/c1-18-17-30(15-16-31(18)26(32)19-9-3-2-4-10-19)25-21-12-6-5-11-20(21)24(28-29-25)22-13-7-8-14-23(22)27/h2-14,18H,15-17H2,1H3/t18-/m0/s1. The third-order valence-electron chi connectivity index (χ3n) is 6.01. The zero-order valence-electron chi connectivity index (χ0n) is 17.8. The van der Waals surface area contributed by atoms with Crippen molar-refractivity contribution in [1.29, 1.82) is 0 Å². The molecule has 1 amide bonds. The van der Waals surface area contributed by atoms with Crippen LogP contribution < -0.4 is 4.90 Å². The van der Waals surface area contributed by atoms with E-state index < -0.39 is 0 Å². The molecule has 32 heavy (non-hydrogen) atoms. The van der Waals surface area contributed by atoms with Crippen LogP contribution in [0, 0.1) is 5.82 Å². The smallest absolute Gasteiger partial charge is 0.254 e. The number of hydrogen-bond acceptors (Lipinski definition) is 4. The van der Waals surface area contributed by atoms with Gasteiger partial charge in [0.2, 0.25) is 0 Å². The molecule has 1 aliphatic heterocycles. The van der Waals surface area contributed by atoms with Crippen LogP contribution in [-0.4, -0.2) is 46.7 Å². The van der Waals surface area contributed by atoms with Crippen molar-refractivity contribution in [2.45, 2.75) is 13.0 Å². The summed E-state index contributed by atoms with van der Waals surface area (Å²) in [5.74, 6) is 0.490. The molecule has 5 nitrogen and oxygen atoms in total. The molecular weight excluding hydrogens is 403 g/mol. The van der Waals surface area contributed by atoms with Gasteiger partial charge in [0.05, 0.1) is 0 Å². The molecule has 3 aromatic carbocycles. The number of piperazine rings is 1. The second-order valence-corrected chi connectivity index (χ2v) is 8.06. The molecule has 1 saturated heterocycles. The highest BCUT2D eigenvalue weighted by molar-refractivity contribution is 6.00.